The third kappa shape index (κ3) is 6.09. The standard InChI is InChI=1S/C33H34ClFN4O5/c1-4-41-31(40)11-9-24-17-36-30(39(24)18-29-21(2)37-20-42-29)19-38-14-12-22(13-15-38)25-6-5-7-28-32(25)44-33(3,43-28)26-10-8-23(34)16-27(26)35/h5-11,16-17,20,22H,4,12-15,18-19H2,1-3H3/b11-9+. The maximum atomic E-state index is 14.8. The van der Waals surface area contributed by atoms with Crippen molar-refractivity contribution in [2.75, 3.05) is 19.7 Å². The SMILES string of the molecule is CCOC(=O)/C=C/c1cnc(CN2CCC(c3cccc4c3OC(C)(c3ccc(Cl)cc3F)O4)CC2)n1Cc1ocnc1C. The number of para-hydroxylation sites is 1. The second-order valence-electron chi connectivity index (χ2n) is 11.1. The van der Waals surface area contributed by atoms with Crippen LogP contribution >= 0.6 is 11.6 Å². The van der Waals surface area contributed by atoms with Crippen LogP contribution in [0, 0.1) is 12.7 Å². The summed E-state index contributed by atoms with van der Waals surface area (Å²) in [5.41, 5.74) is 2.94. The van der Waals surface area contributed by atoms with Crippen molar-refractivity contribution in [3.8, 4) is 11.5 Å². The smallest absolute Gasteiger partial charge is 0.330 e. The van der Waals surface area contributed by atoms with E-state index in [2.05, 4.69) is 16.0 Å². The van der Waals surface area contributed by atoms with E-state index in [1.54, 1.807) is 38.3 Å². The van der Waals surface area contributed by atoms with E-state index in [1.807, 2.05) is 23.6 Å². The van der Waals surface area contributed by atoms with Gasteiger partial charge in [0.2, 0.25) is 0 Å². The second kappa shape index (κ2) is 12.5. The number of oxazole rings is 1. The molecule has 1 fully saturated rings. The third-order valence-electron chi connectivity index (χ3n) is 8.22. The van der Waals surface area contributed by atoms with Crippen LogP contribution in [0.15, 0.2) is 59.5 Å². The molecule has 1 atom stereocenters. The number of ether oxygens (including phenoxy) is 3. The number of hydrogen-bond donors (Lipinski definition) is 0. The summed E-state index contributed by atoms with van der Waals surface area (Å²) in [6.45, 7) is 8.48. The number of likely N-dealkylation sites (tertiary alicyclic amines) is 1. The van der Waals surface area contributed by atoms with Gasteiger partial charge in [-0.1, -0.05) is 23.7 Å². The highest BCUT2D eigenvalue weighted by atomic mass is 35.5. The van der Waals surface area contributed by atoms with Crippen molar-refractivity contribution in [1.82, 2.24) is 19.4 Å². The summed E-state index contributed by atoms with van der Waals surface area (Å²) < 4.78 is 40.1. The van der Waals surface area contributed by atoms with Gasteiger partial charge >= 0.3 is 5.97 Å². The number of imidazole rings is 1. The molecular weight excluding hydrogens is 587 g/mol. The molecule has 0 bridgehead atoms. The Labute approximate surface area is 260 Å². The molecule has 9 nitrogen and oxygen atoms in total. The highest BCUT2D eigenvalue weighted by Gasteiger charge is 2.43. The summed E-state index contributed by atoms with van der Waals surface area (Å²) in [4.78, 5) is 23.3. The number of piperidine rings is 1. The number of hydrogen-bond acceptors (Lipinski definition) is 8. The summed E-state index contributed by atoms with van der Waals surface area (Å²) in [5, 5.41) is 0.317. The minimum Gasteiger partial charge on any atom is -0.463 e. The predicted molar refractivity (Wildman–Crippen MR) is 162 cm³/mol. The van der Waals surface area contributed by atoms with Crippen LogP contribution in [0.5, 0.6) is 11.5 Å². The number of aryl methyl sites for hydroxylation is 1. The Bertz CT molecular complexity index is 1690. The number of esters is 1. The van der Waals surface area contributed by atoms with E-state index < -0.39 is 17.6 Å². The molecule has 2 aliphatic heterocycles. The molecule has 44 heavy (non-hydrogen) atoms. The summed E-state index contributed by atoms with van der Waals surface area (Å²) in [5.74, 6) is 0.960. The first kappa shape index (κ1) is 29.9. The van der Waals surface area contributed by atoms with Gasteiger partial charge < -0.3 is 23.2 Å². The Hall–Kier alpha value is -4.15. The molecule has 1 saturated heterocycles. The van der Waals surface area contributed by atoms with E-state index in [4.69, 9.17) is 35.2 Å². The molecule has 0 radical (unpaired) electrons. The lowest BCUT2D eigenvalue weighted by Gasteiger charge is -2.32. The van der Waals surface area contributed by atoms with E-state index in [0.29, 0.717) is 41.8 Å². The molecule has 0 amide bonds. The van der Waals surface area contributed by atoms with Gasteiger partial charge in [0.05, 0.1) is 42.8 Å². The minimum absolute atomic E-state index is 0.252. The van der Waals surface area contributed by atoms with Crippen LogP contribution in [-0.4, -0.2) is 45.1 Å². The van der Waals surface area contributed by atoms with Crippen LogP contribution in [-0.2, 0) is 28.4 Å². The normalized spacial score (nSPS) is 18.8. The Morgan fingerprint density at radius 3 is 2.73 bits per heavy atom. The molecule has 0 aliphatic carbocycles. The topological polar surface area (TPSA) is 91.8 Å². The molecule has 1 unspecified atom stereocenters. The van der Waals surface area contributed by atoms with Crippen molar-refractivity contribution in [1.29, 1.82) is 0 Å². The molecule has 0 saturated carbocycles. The van der Waals surface area contributed by atoms with Crippen LogP contribution in [0.1, 0.15) is 66.7 Å². The van der Waals surface area contributed by atoms with Gasteiger partial charge in [0, 0.05) is 23.6 Å². The van der Waals surface area contributed by atoms with Gasteiger partial charge in [0.1, 0.15) is 17.4 Å². The number of aromatic nitrogens is 3. The van der Waals surface area contributed by atoms with Crippen molar-refractivity contribution in [2.24, 2.45) is 0 Å². The lowest BCUT2D eigenvalue weighted by molar-refractivity contribution is -0.137. The van der Waals surface area contributed by atoms with Crippen molar-refractivity contribution >= 4 is 23.6 Å². The molecule has 0 N–H and O–H groups in total. The fraction of sp³-hybridized carbons (Fsp3) is 0.364. The zero-order valence-corrected chi connectivity index (χ0v) is 25.6. The average molecular weight is 621 g/mol. The van der Waals surface area contributed by atoms with E-state index >= 15 is 0 Å². The molecule has 230 valence electrons. The summed E-state index contributed by atoms with van der Waals surface area (Å²) in [6, 6.07) is 10.4. The Kier molecular flexibility index (Phi) is 8.46. The highest BCUT2D eigenvalue weighted by Crippen LogP contribution is 2.49. The second-order valence-corrected chi connectivity index (χ2v) is 11.6. The van der Waals surface area contributed by atoms with E-state index in [-0.39, 0.29) is 5.92 Å². The molecule has 11 heteroatoms. The molecule has 0 spiro atoms. The van der Waals surface area contributed by atoms with E-state index in [0.717, 1.165) is 54.5 Å². The number of benzene rings is 2. The Balaban J connectivity index is 1.16. The van der Waals surface area contributed by atoms with E-state index in [9.17, 15) is 9.18 Å². The molecule has 4 heterocycles. The zero-order chi connectivity index (χ0) is 30.8. The van der Waals surface area contributed by atoms with Crippen LogP contribution in [0.3, 0.4) is 0 Å². The van der Waals surface area contributed by atoms with Crippen molar-refractivity contribution in [3.05, 3.63) is 100 Å². The van der Waals surface area contributed by atoms with Gasteiger partial charge in [-0.25, -0.2) is 19.2 Å². The summed E-state index contributed by atoms with van der Waals surface area (Å²) in [6.07, 6.45) is 8.13. The number of nitrogens with zero attached hydrogens (tertiary/aromatic N) is 4. The predicted octanol–water partition coefficient (Wildman–Crippen LogP) is 6.62. The molecule has 4 aromatic rings. The highest BCUT2D eigenvalue weighted by molar-refractivity contribution is 6.30. The minimum atomic E-state index is -1.29. The van der Waals surface area contributed by atoms with Gasteiger partial charge in [0.15, 0.2) is 17.9 Å². The maximum absolute atomic E-state index is 14.8. The van der Waals surface area contributed by atoms with E-state index in [1.165, 1.54) is 18.5 Å². The third-order valence-corrected chi connectivity index (χ3v) is 8.45. The molecule has 2 aromatic carbocycles. The fourth-order valence-electron chi connectivity index (χ4n) is 5.88. The van der Waals surface area contributed by atoms with Crippen LogP contribution in [0.2, 0.25) is 5.02 Å². The molecule has 2 aromatic heterocycles. The zero-order valence-electron chi connectivity index (χ0n) is 24.9. The Morgan fingerprint density at radius 2 is 2.00 bits per heavy atom. The lowest BCUT2D eigenvalue weighted by Crippen LogP contribution is -2.34. The number of halogens is 2. The number of fused-ring (bicyclic) bond motifs is 1. The number of carbonyl (C=O) groups excluding carboxylic acids is 1. The molecule has 6 rings (SSSR count). The monoisotopic (exact) mass is 620 g/mol. The number of rotatable bonds is 9. The van der Waals surface area contributed by atoms with Crippen LogP contribution in [0.4, 0.5) is 4.39 Å². The van der Waals surface area contributed by atoms with Crippen LogP contribution in [0.25, 0.3) is 6.08 Å². The van der Waals surface area contributed by atoms with Crippen molar-refractivity contribution < 1.29 is 27.8 Å². The first-order valence-electron chi connectivity index (χ1n) is 14.7. The molecule has 2 aliphatic rings. The average Bonchev–Trinajstić information content (AvgIpc) is 3.69. The largest absolute Gasteiger partial charge is 0.463 e. The quantitative estimate of drug-likeness (QED) is 0.152. The van der Waals surface area contributed by atoms with Crippen molar-refractivity contribution in [3.63, 3.8) is 0 Å². The molecular formula is C33H34ClFN4O5. The van der Waals surface area contributed by atoms with Crippen LogP contribution < -0.4 is 9.47 Å². The van der Waals surface area contributed by atoms with Crippen molar-refractivity contribution in [2.45, 2.75) is 58.4 Å². The van der Waals surface area contributed by atoms with Gasteiger partial charge in [0.25, 0.3) is 5.79 Å². The summed E-state index contributed by atoms with van der Waals surface area (Å²) in [7, 11) is 0. The first-order chi connectivity index (χ1) is 21.2. The maximum Gasteiger partial charge on any atom is 0.330 e. The lowest BCUT2D eigenvalue weighted by atomic mass is 9.88. The number of carbonyl (C=O) groups is 1. The Morgan fingerprint density at radius 1 is 1.18 bits per heavy atom. The van der Waals surface area contributed by atoms with Gasteiger partial charge in [-0.15, -0.1) is 0 Å². The van der Waals surface area contributed by atoms with Gasteiger partial charge in [-0.2, -0.15) is 0 Å². The first-order valence-corrected chi connectivity index (χ1v) is 15.1. The summed E-state index contributed by atoms with van der Waals surface area (Å²) >= 11 is 5.97. The van der Waals surface area contributed by atoms with Gasteiger partial charge in [-0.3, -0.25) is 4.90 Å². The van der Waals surface area contributed by atoms with Gasteiger partial charge in [-0.05, 0) is 76.0 Å². The fourth-order valence-corrected chi connectivity index (χ4v) is 6.03.